The van der Waals surface area contributed by atoms with Gasteiger partial charge in [0.25, 0.3) is 5.69 Å². The van der Waals surface area contributed by atoms with E-state index in [1.54, 1.807) is 0 Å². The second-order valence-corrected chi connectivity index (χ2v) is 5.73. The second kappa shape index (κ2) is 5.61. The topological polar surface area (TPSA) is 52.4 Å². The van der Waals surface area contributed by atoms with Crippen molar-refractivity contribution in [3.8, 4) is 5.75 Å². The third kappa shape index (κ3) is 2.85. The average molecular weight is 377 g/mol. The number of alkyl halides is 6. The van der Waals surface area contributed by atoms with E-state index in [4.69, 9.17) is 4.74 Å². The molecule has 0 fully saturated rings. The Morgan fingerprint density at radius 2 is 1.73 bits per heavy atom. The number of nitro groups is 1. The van der Waals surface area contributed by atoms with E-state index in [0.29, 0.717) is 12.1 Å². The zero-order valence-electron chi connectivity index (χ0n) is 12.7. The van der Waals surface area contributed by atoms with Crippen molar-refractivity contribution in [3.63, 3.8) is 0 Å². The summed E-state index contributed by atoms with van der Waals surface area (Å²) in [5, 5.41) is 10.8. The Morgan fingerprint density at radius 1 is 1.04 bits per heavy atom. The Bertz CT molecular complexity index is 877. The molecule has 0 bridgehead atoms. The summed E-state index contributed by atoms with van der Waals surface area (Å²) in [6, 6.07) is 5.69. The molecule has 1 aliphatic heterocycles. The van der Waals surface area contributed by atoms with Gasteiger partial charge >= 0.3 is 12.4 Å². The minimum Gasteiger partial charge on any atom is -0.472 e. The Balaban J connectivity index is 2.13. The lowest BCUT2D eigenvalue weighted by molar-refractivity contribution is -0.384. The van der Waals surface area contributed by atoms with Gasteiger partial charge in [0.1, 0.15) is 5.75 Å². The summed E-state index contributed by atoms with van der Waals surface area (Å²) >= 11 is 0. The van der Waals surface area contributed by atoms with Crippen LogP contribution in [0.3, 0.4) is 0 Å². The highest BCUT2D eigenvalue weighted by Gasteiger charge is 2.61. The number of ether oxygens (including phenoxy) is 1. The van der Waals surface area contributed by atoms with Gasteiger partial charge in [0, 0.05) is 29.7 Å². The van der Waals surface area contributed by atoms with Crippen LogP contribution in [-0.4, -0.2) is 11.1 Å². The third-order valence-electron chi connectivity index (χ3n) is 4.09. The van der Waals surface area contributed by atoms with Crippen molar-refractivity contribution < 1.29 is 36.0 Å². The molecular weight excluding hydrogens is 368 g/mol. The maximum absolute atomic E-state index is 13.8. The number of nitro benzene ring substituents is 1. The molecule has 0 spiro atoms. The molecule has 0 saturated carbocycles. The van der Waals surface area contributed by atoms with Crippen LogP contribution in [0.15, 0.2) is 42.5 Å². The molecule has 2 aromatic rings. The fourth-order valence-electron chi connectivity index (χ4n) is 2.84. The van der Waals surface area contributed by atoms with Gasteiger partial charge in [-0.15, -0.1) is 0 Å². The first-order valence-corrected chi connectivity index (χ1v) is 7.15. The number of hydrogen-bond donors (Lipinski definition) is 0. The van der Waals surface area contributed by atoms with Gasteiger partial charge in [0.05, 0.1) is 10.5 Å². The lowest BCUT2D eigenvalue weighted by Crippen LogP contribution is -2.46. The summed E-state index contributed by atoms with van der Waals surface area (Å²) in [5.41, 5.74) is -5.56. The predicted molar refractivity (Wildman–Crippen MR) is 76.6 cm³/mol. The van der Waals surface area contributed by atoms with Crippen molar-refractivity contribution in [2.24, 2.45) is 0 Å². The summed E-state index contributed by atoms with van der Waals surface area (Å²) in [5.74, 6) is -0.259. The molecule has 3 rings (SSSR count). The first-order valence-electron chi connectivity index (χ1n) is 7.15. The zero-order chi connectivity index (χ0) is 19.3. The number of halogens is 6. The summed E-state index contributed by atoms with van der Waals surface area (Å²) in [7, 11) is 0. The van der Waals surface area contributed by atoms with Crippen LogP contribution in [-0.2, 0) is 18.2 Å². The van der Waals surface area contributed by atoms with Crippen molar-refractivity contribution >= 4 is 5.69 Å². The summed E-state index contributed by atoms with van der Waals surface area (Å²) in [6.07, 6.45) is -10.7. The maximum Gasteiger partial charge on any atom is 0.432 e. The molecule has 26 heavy (non-hydrogen) atoms. The highest BCUT2D eigenvalue weighted by Crippen LogP contribution is 2.51. The minimum absolute atomic E-state index is 0.103. The summed E-state index contributed by atoms with van der Waals surface area (Å²) < 4.78 is 85.1. The van der Waals surface area contributed by atoms with Crippen molar-refractivity contribution in [1.29, 1.82) is 0 Å². The fourth-order valence-corrected chi connectivity index (χ4v) is 2.84. The molecular formula is C16H9F6NO3. The molecule has 0 aliphatic carbocycles. The second-order valence-electron chi connectivity index (χ2n) is 5.73. The standard InChI is InChI=1S/C16H9F6NO3/c17-15(18,19)11-3-1-2-10(7-11)14(16(20,21)22)8-9-6-12(23(24)25)4-5-13(9)26-14/h1-7H,8H2. The number of hydrogen-bond acceptors (Lipinski definition) is 3. The highest BCUT2D eigenvalue weighted by molar-refractivity contribution is 5.50. The molecule has 0 aromatic heterocycles. The molecule has 1 aliphatic rings. The molecule has 1 unspecified atom stereocenters. The maximum atomic E-state index is 13.8. The van der Waals surface area contributed by atoms with Gasteiger partial charge in [0.2, 0.25) is 5.60 Å². The smallest absolute Gasteiger partial charge is 0.432 e. The van der Waals surface area contributed by atoms with Gasteiger partial charge in [-0.3, -0.25) is 10.1 Å². The van der Waals surface area contributed by atoms with E-state index in [0.717, 1.165) is 30.3 Å². The largest absolute Gasteiger partial charge is 0.472 e. The first-order chi connectivity index (χ1) is 11.9. The van der Waals surface area contributed by atoms with E-state index in [1.165, 1.54) is 0 Å². The average Bonchev–Trinajstić information content (AvgIpc) is 2.94. The molecule has 1 heterocycles. The van der Waals surface area contributed by atoms with Gasteiger partial charge in [-0.2, -0.15) is 26.3 Å². The van der Waals surface area contributed by atoms with Crippen LogP contribution in [0.4, 0.5) is 32.0 Å². The van der Waals surface area contributed by atoms with Crippen LogP contribution in [0.25, 0.3) is 0 Å². The zero-order valence-corrected chi connectivity index (χ0v) is 12.7. The number of fused-ring (bicyclic) bond motifs is 1. The van der Waals surface area contributed by atoms with Crippen molar-refractivity contribution in [3.05, 3.63) is 69.3 Å². The molecule has 1 atom stereocenters. The molecule has 4 nitrogen and oxygen atoms in total. The van der Waals surface area contributed by atoms with Gasteiger partial charge in [-0.25, -0.2) is 0 Å². The van der Waals surface area contributed by atoms with E-state index < -0.39 is 46.1 Å². The number of rotatable bonds is 2. The van der Waals surface area contributed by atoms with E-state index >= 15 is 0 Å². The van der Waals surface area contributed by atoms with E-state index in [-0.39, 0.29) is 11.3 Å². The van der Waals surface area contributed by atoms with Gasteiger partial charge in [0.15, 0.2) is 0 Å². The van der Waals surface area contributed by atoms with Crippen LogP contribution in [0.1, 0.15) is 16.7 Å². The highest BCUT2D eigenvalue weighted by atomic mass is 19.4. The molecule has 0 radical (unpaired) electrons. The first kappa shape index (κ1) is 18.0. The molecule has 0 amide bonds. The Hall–Kier alpha value is -2.78. The fraction of sp³-hybridized carbons (Fsp3) is 0.250. The molecule has 138 valence electrons. The molecule has 0 saturated heterocycles. The van der Waals surface area contributed by atoms with Gasteiger partial charge < -0.3 is 4.74 Å². The van der Waals surface area contributed by atoms with E-state index in [9.17, 15) is 36.5 Å². The predicted octanol–water partition coefficient (Wildman–Crippen LogP) is 5.01. The number of nitrogens with zero attached hydrogens (tertiary/aromatic N) is 1. The van der Waals surface area contributed by atoms with E-state index in [1.807, 2.05) is 0 Å². The van der Waals surface area contributed by atoms with Gasteiger partial charge in [-0.1, -0.05) is 12.1 Å². The summed E-state index contributed by atoms with van der Waals surface area (Å²) in [4.78, 5) is 10.0. The van der Waals surface area contributed by atoms with Crippen LogP contribution >= 0.6 is 0 Å². The van der Waals surface area contributed by atoms with Gasteiger partial charge in [-0.05, 0) is 18.2 Å². The molecule has 10 heteroatoms. The van der Waals surface area contributed by atoms with Crippen LogP contribution in [0.5, 0.6) is 5.75 Å². The SMILES string of the molecule is O=[N+]([O-])c1ccc2c(c1)CC(c1cccc(C(F)(F)F)c1)(C(F)(F)F)O2. The Morgan fingerprint density at radius 3 is 2.31 bits per heavy atom. The van der Waals surface area contributed by atoms with Crippen molar-refractivity contribution in [1.82, 2.24) is 0 Å². The Kier molecular flexibility index (Phi) is 3.89. The van der Waals surface area contributed by atoms with Crippen LogP contribution < -0.4 is 4.74 Å². The monoisotopic (exact) mass is 377 g/mol. The van der Waals surface area contributed by atoms with Crippen LogP contribution in [0, 0.1) is 10.1 Å². The third-order valence-corrected chi connectivity index (χ3v) is 4.09. The lowest BCUT2D eigenvalue weighted by Gasteiger charge is -2.32. The molecule has 0 N–H and O–H groups in total. The lowest BCUT2D eigenvalue weighted by atomic mass is 9.87. The van der Waals surface area contributed by atoms with Crippen molar-refractivity contribution in [2.45, 2.75) is 24.4 Å². The summed E-state index contributed by atoms with van der Waals surface area (Å²) in [6.45, 7) is 0. The van der Waals surface area contributed by atoms with Crippen molar-refractivity contribution in [2.75, 3.05) is 0 Å². The number of benzene rings is 2. The number of non-ortho nitro benzene ring substituents is 1. The molecule has 2 aromatic carbocycles. The normalized spacial score (nSPS) is 19.8. The quantitative estimate of drug-likeness (QED) is 0.420. The van der Waals surface area contributed by atoms with E-state index in [2.05, 4.69) is 0 Å². The Labute approximate surface area is 142 Å². The van der Waals surface area contributed by atoms with Crippen LogP contribution in [0.2, 0.25) is 0 Å². The minimum atomic E-state index is -5.05.